The Hall–Kier alpha value is -0.650. The van der Waals surface area contributed by atoms with Gasteiger partial charge in [0, 0.05) is 6.04 Å². The molecule has 4 fully saturated rings. The lowest BCUT2D eigenvalue weighted by molar-refractivity contribution is -0.153. The van der Waals surface area contributed by atoms with Crippen molar-refractivity contribution in [2.24, 2.45) is 63.9 Å². The smallest absolute Gasteiger partial charge is 0.309 e. The van der Waals surface area contributed by atoms with Gasteiger partial charge in [-0.2, -0.15) is 0 Å². The van der Waals surface area contributed by atoms with Crippen LogP contribution in [0.4, 0.5) is 0 Å². The predicted molar refractivity (Wildman–Crippen MR) is 135 cm³/mol. The van der Waals surface area contributed by atoms with Crippen molar-refractivity contribution in [2.45, 2.75) is 111 Å². The SMILES string of the molecule is CC[C@@H](C(C)C)[C@@H](O)[C@H](O)[C@@H](C)[C@H]1CC[C@H]2[C@@H]3COC(=O)[C@H]4C[C@H](N)CC[C@]4(C)[C@H]3CC[C@]12C. The third-order valence-electron chi connectivity index (χ3n) is 11.7. The Morgan fingerprint density at radius 1 is 1.00 bits per heavy atom. The lowest BCUT2D eigenvalue weighted by Crippen LogP contribution is -2.53. The molecule has 4 rings (SSSR count). The van der Waals surface area contributed by atoms with E-state index in [1.54, 1.807) is 0 Å². The number of esters is 1. The Morgan fingerprint density at radius 3 is 2.29 bits per heavy atom. The Labute approximate surface area is 207 Å². The fraction of sp³-hybridized carbons (Fsp3) is 0.966. The Balaban J connectivity index is 1.56. The quantitative estimate of drug-likeness (QED) is 0.479. The molecule has 196 valence electrons. The summed E-state index contributed by atoms with van der Waals surface area (Å²) in [6.07, 6.45) is 6.79. The van der Waals surface area contributed by atoms with Crippen LogP contribution in [-0.2, 0) is 9.53 Å². The molecule has 0 spiro atoms. The molecule has 0 aromatic rings. The molecular formula is C29H51NO4. The van der Waals surface area contributed by atoms with Gasteiger partial charge in [-0.15, -0.1) is 0 Å². The molecule has 0 aromatic heterocycles. The van der Waals surface area contributed by atoms with E-state index in [-0.39, 0.29) is 40.6 Å². The van der Waals surface area contributed by atoms with Gasteiger partial charge in [-0.3, -0.25) is 4.79 Å². The van der Waals surface area contributed by atoms with E-state index in [1.165, 1.54) is 0 Å². The van der Waals surface area contributed by atoms with Crippen molar-refractivity contribution in [1.82, 2.24) is 0 Å². The van der Waals surface area contributed by atoms with Crippen molar-refractivity contribution >= 4 is 5.97 Å². The lowest BCUT2D eigenvalue weighted by atomic mass is 9.48. The fourth-order valence-electron chi connectivity index (χ4n) is 9.60. The number of carbonyl (C=O) groups is 1. The van der Waals surface area contributed by atoms with Gasteiger partial charge in [-0.1, -0.05) is 48.0 Å². The summed E-state index contributed by atoms with van der Waals surface area (Å²) in [6.45, 7) is 13.9. The first-order valence-corrected chi connectivity index (χ1v) is 14.2. The molecule has 3 saturated carbocycles. The molecule has 5 nitrogen and oxygen atoms in total. The first-order chi connectivity index (χ1) is 16.0. The van der Waals surface area contributed by atoms with Gasteiger partial charge in [-0.05, 0) is 97.2 Å². The first-order valence-electron chi connectivity index (χ1n) is 14.2. The Bertz CT molecular complexity index is 742. The van der Waals surface area contributed by atoms with Crippen LogP contribution in [0.5, 0.6) is 0 Å². The van der Waals surface area contributed by atoms with E-state index < -0.39 is 12.2 Å². The minimum atomic E-state index is -0.695. The van der Waals surface area contributed by atoms with E-state index in [4.69, 9.17) is 10.5 Å². The van der Waals surface area contributed by atoms with Gasteiger partial charge >= 0.3 is 5.97 Å². The number of fused-ring (bicyclic) bond motifs is 5. The van der Waals surface area contributed by atoms with Gasteiger partial charge in [0.25, 0.3) is 0 Å². The lowest BCUT2D eigenvalue weighted by Gasteiger charge is -2.55. The highest BCUT2D eigenvalue weighted by molar-refractivity contribution is 5.74. The Morgan fingerprint density at radius 2 is 1.65 bits per heavy atom. The minimum Gasteiger partial charge on any atom is -0.465 e. The van der Waals surface area contributed by atoms with Crippen LogP contribution in [0.3, 0.4) is 0 Å². The van der Waals surface area contributed by atoms with Crippen molar-refractivity contribution in [1.29, 1.82) is 0 Å². The van der Waals surface area contributed by atoms with Crippen LogP contribution < -0.4 is 5.73 Å². The molecule has 1 saturated heterocycles. The molecular weight excluding hydrogens is 426 g/mol. The molecule has 4 N–H and O–H groups in total. The highest BCUT2D eigenvalue weighted by Crippen LogP contribution is 2.66. The molecule has 1 heterocycles. The third kappa shape index (κ3) is 4.16. The summed E-state index contributed by atoms with van der Waals surface area (Å²) in [6, 6.07) is 0.110. The van der Waals surface area contributed by atoms with Crippen LogP contribution in [0.25, 0.3) is 0 Å². The summed E-state index contributed by atoms with van der Waals surface area (Å²) in [5.74, 6) is 2.23. The molecule has 0 amide bonds. The number of nitrogens with two attached hydrogens (primary N) is 1. The van der Waals surface area contributed by atoms with Crippen molar-refractivity contribution in [3.05, 3.63) is 0 Å². The maximum atomic E-state index is 13.1. The molecule has 4 aliphatic rings. The highest BCUT2D eigenvalue weighted by Gasteiger charge is 2.62. The monoisotopic (exact) mass is 477 g/mol. The minimum absolute atomic E-state index is 0.0134. The molecule has 0 bridgehead atoms. The van der Waals surface area contributed by atoms with Crippen LogP contribution in [0, 0.1) is 58.2 Å². The average Bonchev–Trinajstić information content (AvgIpc) is 3.10. The van der Waals surface area contributed by atoms with Crippen LogP contribution in [0.1, 0.15) is 92.9 Å². The number of rotatable bonds is 6. The summed E-state index contributed by atoms with van der Waals surface area (Å²) in [7, 11) is 0. The van der Waals surface area contributed by atoms with Gasteiger partial charge < -0.3 is 20.7 Å². The third-order valence-corrected chi connectivity index (χ3v) is 11.7. The Kier molecular flexibility index (Phi) is 7.51. The van der Waals surface area contributed by atoms with Gasteiger partial charge in [0.1, 0.15) is 0 Å². The van der Waals surface area contributed by atoms with E-state index >= 15 is 0 Å². The summed E-state index contributed by atoms with van der Waals surface area (Å²) in [5.41, 5.74) is 6.40. The largest absolute Gasteiger partial charge is 0.465 e. The van der Waals surface area contributed by atoms with Crippen LogP contribution in [0.2, 0.25) is 0 Å². The molecule has 5 heteroatoms. The van der Waals surface area contributed by atoms with Crippen LogP contribution in [0.15, 0.2) is 0 Å². The number of cyclic esters (lactones) is 1. The standard InChI is InChI=1S/C29H51NO4/c1-7-19(16(2)3)26(32)25(31)17(4)21-8-9-22-20-15-34-27(33)24-14-18(30)10-12-29(24,6)23(20)11-13-28(21,22)5/h16-26,31-32H,7-15,30H2,1-6H3/t17-,18+,19-,20-,21+,22-,23-,24+,25+,26+,28+,29+/m0/s1. The van der Waals surface area contributed by atoms with Crippen molar-refractivity contribution in [3.8, 4) is 0 Å². The maximum absolute atomic E-state index is 13.1. The van der Waals surface area contributed by atoms with E-state index in [2.05, 4.69) is 41.5 Å². The molecule has 1 aliphatic heterocycles. The molecule has 0 unspecified atom stereocenters. The van der Waals surface area contributed by atoms with Crippen molar-refractivity contribution in [2.75, 3.05) is 6.61 Å². The fourth-order valence-corrected chi connectivity index (χ4v) is 9.60. The zero-order valence-electron chi connectivity index (χ0n) is 22.5. The van der Waals surface area contributed by atoms with E-state index in [0.29, 0.717) is 36.2 Å². The van der Waals surface area contributed by atoms with Crippen molar-refractivity contribution in [3.63, 3.8) is 0 Å². The summed E-state index contributed by atoms with van der Waals surface area (Å²) in [4.78, 5) is 13.1. The van der Waals surface area contributed by atoms with E-state index in [0.717, 1.165) is 51.4 Å². The maximum Gasteiger partial charge on any atom is 0.309 e. The topological polar surface area (TPSA) is 92.8 Å². The second kappa shape index (κ2) is 9.67. The van der Waals surface area contributed by atoms with Crippen LogP contribution in [-0.4, -0.2) is 41.0 Å². The normalized spacial score (nSPS) is 45.9. The summed E-state index contributed by atoms with van der Waals surface area (Å²) in [5, 5.41) is 22.4. The summed E-state index contributed by atoms with van der Waals surface area (Å²) >= 11 is 0. The molecule has 0 aromatic carbocycles. The van der Waals surface area contributed by atoms with E-state index in [1.807, 2.05) is 0 Å². The number of aliphatic hydroxyl groups excluding tert-OH is 2. The summed E-state index contributed by atoms with van der Waals surface area (Å²) < 4.78 is 5.98. The van der Waals surface area contributed by atoms with Crippen molar-refractivity contribution < 1.29 is 19.7 Å². The van der Waals surface area contributed by atoms with Gasteiger partial charge in [0.2, 0.25) is 0 Å². The number of hydrogen-bond donors (Lipinski definition) is 3. The van der Waals surface area contributed by atoms with Gasteiger partial charge in [-0.25, -0.2) is 0 Å². The average molecular weight is 478 g/mol. The van der Waals surface area contributed by atoms with Gasteiger partial charge in [0.15, 0.2) is 0 Å². The molecule has 34 heavy (non-hydrogen) atoms. The second-order valence-electron chi connectivity index (χ2n) is 13.5. The van der Waals surface area contributed by atoms with Crippen LogP contribution >= 0.6 is 0 Å². The zero-order chi connectivity index (χ0) is 25.0. The molecule has 0 radical (unpaired) electrons. The van der Waals surface area contributed by atoms with Gasteiger partial charge in [0.05, 0.1) is 24.7 Å². The van der Waals surface area contributed by atoms with E-state index in [9.17, 15) is 15.0 Å². The number of hydrogen-bond acceptors (Lipinski definition) is 5. The first kappa shape index (κ1) is 26.4. The zero-order valence-corrected chi connectivity index (χ0v) is 22.5. The molecule has 12 atom stereocenters. The highest BCUT2D eigenvalue weighted by atomic mass is 16.5. The predicted octanol–water partition coefficient (Wildman–Crippen LogP) is 4.78. The number of aliphatic hydroxyl groups is 2. The number of ether oxygens (including phenoxy) is 1. The second-order valence-corrected chi connectivity index (χ2v) is 13.5. The molecule has 3 aliphatic carbocycles. The number of carbonyl (C=O) groups excluding carboxylic acids is 1.